The van der Waals surface area contributed by atoms with Gasteiger partial charge >= 0.3 is 0 Å². The normalized spacial score (nSPS) is 12.1. The zero-order valence-electron chi connectivity index (χ0n) is 11.7. The van der Waals surface area contributed by atoms with E-state index in [4.69, 9.17) is 4.42 Å². The number of benzene rings is 1. The Bertz CT molecular complexity index is 749. The molecule has 0 aliphatic rings. The molecule has 5 nitrogen and oxygen atoms in total. The predicted molar refractivity (Wildman–Crippen MR) is 80.1 cm³/mol. The summed E-state index contributed by atoms with van der Waals surface area (Å²) in [4.78, 5) is 7.58. The molecular formula is C15H16N4O. The zero-order chi connectivity index (χ0) is 14.1. The molecule has 0 atom stereocenters. The first kappa shape index (κ1) is 12.5. The Morgan fingerprint density at radius 2 is 2.10 bits per heavy atom. The van der Waals surface area contributed by atoms with Crippen molar-refractivity contribution in [3.05, 3.63) is 47.4 Å². The van der Waals surface area contributed by atoms with Crippen molar-refractivity contribution in [3.8, 4) is 0 Å². The van der Waals surface area contributed by atoms with E-state index in [-0.39, 0.29) is 0 Å². The molecule has 102 valence electrons. The fourth-order valence-electron chi connectivity index (χ4n) is 2.19. The Labute approximate surface area is 116 Å². The van der Waals surface area contributed by atoms with Crippen LogP contribution in [0.25, 0.3) is 11.0 Å². The molecule has 20 heavy (non-hydrogen) atoms. The summed E-state index contributed by atoms with van der Waals surface area (Å²) in [5.74, 6) is 2.38. The van der Waals surface area contributed by atoms with Gasteiger partial charge in [-0.1, -0.05) is 12.1 Å². The van der Waals surface area contributed by atoms with Gasteiger partial charge in [0.1, 0.15) is 11.5 Å². The summed E-state index contributed by atoms with van der Waals surface area (Å²) in [5, 5.41) is 4.35. The van der Waals surface area contributed by atoms with Crippen LogP contribution >= 0.6 is 0 Å². The lowest BCUT2D eigenvalue weighted by molar-refractivity contribution is 0.504. The average molecular weight is 268 g/mol. The van der Waals surface area contributed by atoms with E-state index in [0.29, 0.717) is 5.95 Å². The summed E-state index contributed by atoms with van der Waals surface area (Å²) in [7, 11) is 0. The first-order valence-electron chi connectivity index (χ1n) is 6.46. The molecule has 3 aromatic rings. The second kappa shape index (κ2) is 4.85. The van der Waals surface area contributed by atoms with Crippen LogP contribution in [0.15, 0.2) is 39.9 Å². The van der Waals surface area contributed by atoms with E-state index in [2.05, 4.69) is 20.5 Å². The van der Waals surface area contributed by atoms with Crippen LogP contribution in [-0.4, -0.2) is 15.7 Å². The molecule has 2 heterocycles. The number of aromatic amines is 1. The zero-order valence-corrected chi connectivity index (χ0v) is 11.7. The van der Waals surface area contributed by atoms with Crippen LogP contribution < -0.4 is 5.43 Å². The molecule has 1 aromatic carbocycles. The Morgan fingerprint density at radius 1 is 1.30 bits per heavy atom. The van der Waals surface area contributed by atoms with Gasteiger partial charge in [0.15, 0.2) is 0 Å². The molecule has 0 bridgehead atoms. The number of fused-ring (bicyclic) bond motifs is 1. The number of rotatable bonds is 3. The Balaban J connectivity index is 1.84. The predicted octanol–water partition coefficient (Wildman–Crippen LogP) is 3.61. The molecule has 3 rings (SSSR count). The first-order chi connectivity index (χ1) is 9.63. The molecule has 0 aliphatic heterocycles. The van der Waals surface area contributed by atoms with E-state index >= 15 is 0 Å². The van der Waals surface area contributed by atoms with Gasteiger partial charge in [0.25, 0.3) is 0 Å². The van der Waals surface area contributed by atoms with Gasteiger partial charge in [0, 0.05) is 5.56 Å². The lowest BCUT2D eigenvalue weighted by atomic mass is 10.2. The van der Waals surface area contributed by atoms with Gasteiger partial charge in [-0.3, -0.25) is 0 Å². The third-order valence-corrected chi connectivity index (χ3v) is 3.15. The van der Waals surface area contributed by atoms with Crippen LogP contribution in [0.4, 0.5) is 5.95 Å². The molecule has 0 saturated carbocycles. The molecular weight excluding hydrogens is 252 g/mol. The first-order valence-corrected chi connectivity index (χ1v) is 6.46. The van der Waals surface area contributed by atoms with Gasteiger partial charge < -0.3 is 9.40 Å². The third kappa shape index (κ3) is 2.30. The molecule has 5 heteroatoms. The number of nitrogens with one attached hydrogen (secondary N) is 2. The monoisotopic (exact) mass is 268 g/mol. The summed E-state index contributed by atoms with van der Waals surface area (Å²) in [6.45, 7) is 5.80. The van der Waals surface area contributed by atoms with Crippen molar-refractivity contribution in [2.24, 2.45) is 5.10 Å². The van der Waals surface area contributed by atoms with Crippen LogP contribution in [0.1, 0.15) is 24.0 Å². The van der Waals surface area contributed by atoms with Crippen molar-refractivity contribution in [1.29, 1.82) is 0 Å². The highest BCUT2D eigenvalue weighted by Crippen LogP contribution is 2.16. The Morgan fingerprint density at radius 3 is 2.80 bits per heavy atom. The maximum absolute atomic E-state index is 5.50. The van der Waals surface area contributed by atoms with Gasteiger partial charge in [-0.25, -0.2) is 10.4 Å². The van der Waals surface area contributed by atoms with Crippen LogP contribution in [-0.2, 0) is 0 Å². The second-order valence-electron chi connectivity index (χ2n) is 4.74. The van der Waals surface area contributed by atoms with Crippen LogP contribution in [0, 0.1) is 13.8 Å². The molecule has 2 aromatic heterocycles. The molecule has 0 amide bonds. The summed E-state index contributed by atoms with van der Waals surface area (Å²) in [6.07, 6.45) is 0. The average Bonchev–Trinajstić information content (AvgIpc) is 2.98. The number of hydrazone groups is 1. The fraction of sp³-hybridized carbons (Fsp3) is 0.200. The van der Waals surface area contributed by atoms with Crippen molar-refractivity contribution in [1.82, 2.24) is 9.97 Å². The minimum absolute atomic E-state index is 0.628. The summed E-state index contributed by atoms with van der Waals surface area (Å²) in [5.41, 5.74) is 6.71. The molecule has 0 saturated heterocycles. The number of imidazole rings is 1. The minimum atomic E-state index is 0.628. The van der Waals surface area contributed by atoms with E-state index in [0.717, 1.165) is 33.8 Å². The van der Waals surface area contributed by atoms with E-state index in [1.54, 1.807) is 0 Å². The molecule has 0 aliphatic carbocycles. The smallest absolute Gasteiger partial charge is 0.222 e. The van der Waals surface area contributed by atoms with Gasteiger partial charge in [0.2, 0.25) is 5.95 Å². The summed E-state index contributed by atoms with van der Waals surface area (Å²) < 4.78 is 5.50. The molecule has 0 fully saturated rings. The fourth-order valence-corrected chi connectivity index (χ4v) is 2.19. The maximum atomic E-state index is 5.50. The van der Waals surface area contributed by atoms with Gasteiger partial charge in [-0.2, -0.15) is 5.10 Å². The summed E-state index contributed by atoms with van der Waals surface area (Å²) in [6, 6.07) is 9.84. The maximum Gasteiger partial charge on any atom is 0.222 e. The third-order valence-electron chi connectivity index (χ3n) is 3.15. The lowest BCUT2D eigenvalue weighted by Gasteiger charge is -1.99. The standard InChI is InChI=1S/C15H16N4O/c1-9-8-12(11(3)20-9)10(2)18-19-15-16-13-6-4-5-7-14(13)17-15/h4-8H,1-3H3,(H2,16,17,19)/b18-10-. The lowest BCUT2D eigenvalue weighted by Crippen LogP contribution is -2.00. The van der Waals surface area contributed by atoms with Crippen molar-refractivity contribution >= 4 is 22.7 Å². The minimum Gasteiger partial charge on any atom is -0.466 e. The van der Waals surface area contributed by atoms with Gasteiger partial charge in [-0.05, 0) is 39.0 Å². The number of para-hydroxylation sites is 2. The van der Waals surface area contributed by atoms with Gasteiger partial charge in [-0.15, -0.1) is 0 Å². The highest BCUT2D eigenvalue weighted by atomic mass is 16.3. The number of furan rings is 1. The molecule has 2 N–H and O–H groups in total. The highest BCUT2D eigenvalue weighted by molar-refractivity contribution is 6.00. The van der Waals surface area contributed by atoms with Crippen molar-refractivity contribution < 1.29 is 4.42 Å². The van der Waals surface area contributed by atoms with E-state index in [1.807, 2.05) is 51.1 Å². The number of anilines is 1. The Kier molecular flexibility index (Phi) is 3.02. The van der Waals surface area contributed by atoms with Crippen molar-refractivity contribution in [3.63, 3.8) is 0 Å². The molecule has 0 radical (unpaired) electrons. The van der Waals surface area contributed by atoms with Crippen LogP contribution in [0.3, 0.4) is 0 Å². The number of hydrogen-bond donors (Lipinski definition) is 2. The topological polar surface area (TPSA) is 66.2 Å². The number of aromatic nitrogens is 2. The summed E-state index contributed by atoms with van der Waals surface area (Å²) >= 11 is 0. The molecule has 0 unspecified atom stereocenters. The van der Waals surface area contributed by atoms with Crippen molar-refractivity contribution in [2.75, 3.05) is 5.43 Å². The number of H-pyrrole nitrogens is 1. The van der Waals surface area contributed by atoms with Crippen LogP contribution in [0.5, 0.6) is 0 Å². The van der Waals surface area contributed by atoms with Crippen LogP contribution in [0.2, 0.25) is 0 Å². The van der Waals surface area contributed by atoms with E-state index in [1.165, 1.54) is 0 Å². The number of hydrogen-bond acceptors (Lipinski definition) is 4. The number of aryl methyl sites for hydroxylation is 2. The highest BCUT2D eigenvalue weighted by Gasteiger charge is 2.08. The SMILES string of the molecule is C/C(=N/Nc1nc2ccccc2[nH]1)c1cc(C)oc1C. The van der Waals surface area contributed by atoms with E-state index < -0.39 is 0 Å². The van der Waals surface area contributed by atoms with Crippen molar-refractivity contribution in [2.45, 2.75) is 20.8 Å². The quantitative estimate of drug-likeness (QED) is 0.563. The second-order valence-corrected chi connectivity index (χ2v) is 4.74. The largest absolute Gasteiger partial charge is 0.466 e. The van der Waals surface area contributed by atoms with E-state index in [9.17, 15) is 0 Å². The Hall–Kier alpha value is -2.56. The molecule has 0 spiro atoms. The number of nitrogens with zero attached hydrogens (tertiary/aromatic N) is 2. The van der Waals surface area contributed by atoms with Gasteiger partial charge in [0.05, 0.1) is 16.7 Å².